The zero-order valence-electron chi connectivity index (χ0n) is 19.7. The molecule has 1 saturated heterocycles. The summed E-state index contributed by atoms with van der Waals surface area (Å²) in [4.78, 5) is 42.0. The van der Waals surface area contributed by atoms with Crippen molar-refractivity contribution in [1.29, 1.82) is 0 Å². The van der Waals surface area contributed by atoms with Crippen LogP contribution >= 0.6 is 11.6 Å². The van der Waals surface area contributed by atoms with E-state index in [4.69, 9.17) is 11.6 Å². The number of halogens is 1. The molecule has 0 unspecified atom stereocenters. The summed E-state index contributed by atoms with van der Waals surface area (Å²) in [7, 11) is 1.55. The lowest BCUT2D eigenvalue weighted by Crippen LogP contribution is -2.51. The van der Waals surface area contributed by atoms with Gasteiger partial charge in [0.2, 0.25) is 17.7 Å². The molecule has 1 aliphatic carbocycles. The number of carbonyl (C=O) groups is 3. The third-order valence-corrected chi connectivity index (χ3v) is 7.41. The Morgan fingerprint density at radius 3 is 2.40 bits per heavy atom. The van der Waals surface area contributed by atoms with E-state index in [0.29, 0.717) is 17.1 Å². The van der Waals surface area contributed by atoms with Gasteiger partial charge in [-0.2, -0.15) is 0 Å². The van der Waals surface area contributed by atoms with Crippen molar-refractivity contribution in [3.05, 3.63) is 77.3 Å². The second-order valence-electron chi connectivity index (χ2n) is 9.17. The van der Waals surface area contributed by atoms with Crippen LogP contribution in [-0.2, 0) is 20.8 Å². The van der Waals surface area contributed by atoms with Gasteiger partial charge < -0.3 is 20.6 Å². The van der Waals surface area contributed by atoms with Crippen molar-refractivity contribution in [2.24, 2.45) is 23.7 Å². The van der Waals surface area contributed by atoms with Gasteiger partial charge in [0, 0.05) is 13.0 Å². The fraction of sp³-hybridized carbons (Fsp3) is 0.370. The Bertz CT molecular complexity index is 1120. The van der Waals surface area contributed by atoms with E-state index in [-0.39, 0.29) is 24.3 Å². The van der Waals surface area contributed by atoms with Gasteiger partial charge in [0.25, 0.3) is 0 Å². The van der Waals surface area contributed by atoms with E-state index in [9.17, 15) is 19.5 Å². The monoisotopic (exact) mass is 495 g/mol. The number of fused-ring (bicyclic) bond motifs is 1. The number of amides is 3. The van der Waals surface area contributed by atoms with Crippen molar-refractivity contribution in [3.63, 3.8) is 0 Å². The molecule has 1 aliphatic heterocycles. The highest BCUT2D eigenvalue weighted by atomic mass is 35.5. The van der Waals surface area contributed by atoms with Crippen molar-refractivity contribution >= 4 is 35.0 Å². The van der Waals surface area contributed by atoms with Gasteiger partial charge in [0.15, 0.2) is 0 Å². The Morgan fingerprint density at radius 2 is 1.74 bits per heavy atom. The molecule has 7 nitrogen and oxygen atoms in total. The molecule has 2 aliphatic rings. The molecule has 0 bridgehead atoms. The molecule has 0 saturated carbocycles. The average Bonchev–Trinajstić information content (AvgIpc) is 3.16. The second-order valence-corrected chi connectivity index (χ2v) is 9.58. The van der Waals surface area contributed by atoms with E-state index < -0.39 is 35.7 Å². The van der Waals surface area contributed by atoms with Gasteiger partial charge in [-0.25, -0.2) is 0 Å². The number of benzene rings is 2. The molecule has 2 aromatic carbocycles. The number of para-hydroxylation sites is 1. The quantitative estimate of drug-likeness (QED) is 0.514. The molecular formula is C27H30ClN3O4. The molecule has 0 aromatic heterocycles. The molecule has 1 fully saturated rings. The summed E-state index contributed by atoms with van der Waals surface area (Å²) < 4.78 is 0. The van der Waals surface area contributed by atoms with Crippen LogP contribution in [0.5, 0.6) is 0 Å². The summed E-state index contributed by atoms with van der Waals surface area (Å²) in [5.74, 6) is -2.95. The van der Waals surface area contributed by atoms with Crippen LogP contribution in [0.25, 0.3) is 0 Å². The maximum atomic E-state index is 13.9. The molecule has 35 heavy (non-hydrogen) atoms. The first-order valence-corrected chi connectivity index (χ1v) is 12.2. The number of nitrogens with zero attached hydrogens (tertiary/aromatic N) is 1. The molecular weight excluding hydrogens is 466 g/mol. The van der Waals surface area contributed by atoms with Crippen LogP contribution in [0.2, 0.25) is 5.02 Å². The minimum absolute atomic E-state index is 0.172. The number of aliphatic hydroxyl groups is 1. The van der Waals surface area contributed by atoms with Crippen LogP contribution in [-0.4, -0.2) is 53.5 Å². The zero-order chi connectivity index (χ0) is 25.1. The molecule has 0 radical (unpaired) electrons. The number of hydrogen-bond acceptors (Lipinski definition) is 4. The van der Waals surface area contributed by atoms with E-state index in [2.05, 4.69) is 10.6 Å². The number of allylic oxidation sites excluding steroid dienone is 1. The van der Waals surface area contributed by atoms with Gasteiger partial charge >= 0.3 is 0 Å². The molecule has 3 N–H and O–H groups in total. The standard InChI is InChI=1S/C27H30ClN3O4/c1-16-12-13-19-23(22(16)25(33)29-2)27(35)31(18(15-32)14-17-8-4-3-5-9-17)24(19)26(34)30-21-11-7-6-10-20(21)28/h3-13,16,18-19,22-24,32H,14-15H2,1-2H3,(H,29,33)(H,30,34)/t16-,18-,19+,22-,23-,24+/m1/s1. The molecule has 184 valence electrons. The summed E-state index contributed by atoms with van der Waals surface area (Å²) >= 11 is 6.28. The Morgan fingerprint density at radius 1 is 1.06 bits per heavy atom. The lowest BCUT2D eigenvalue weighted by atomic mass is 9.70. The minimum Gasteiger partial charge on any atom is -0.394 e. The SMILES string of the molecule is CNC(=O)[C@H]1[C@@H]2C(=O)N([C@@H](CO)Cc3ccccc3)[C@H](C(=O)Nc3ccccc3Cl)[C@H]2C=C[C@H]1C. The first-order chi connectivity index (χ1) is 16.9. The second kappa shape index (κ2) is 10.6. The van der Waals surface area contributed by atoms with Crippen molar-refractivity contribution in [2.45, 2.75) is 25.4 Å². The van der Waals surface area contributed by atoms with E-state index in [1.165, 1.54) is 4.90 Å². The van der Waals surface area contributed by atoms with Gasteiger partial charge in [0.05, 0.1) is 35.2 Å². The average molecular weight is 496 g/mol. The van der Waals surface area contributed by atoms with Gasteiger partial charge in [-0.05, 0) is 30.0 Å². The van der Waals surface area contributed by atoms with E-state index in [1.807, 2.05) is 49.4 Å². The van der Waals surface area contributed by atoms with Gasteiger partial charge in [-0.1, -0.05) is 73.1 Å². The molecule has 8 heteroatoms. The highest BCUT2D eigenvalue weighted by molar-refractivity contribution is 6.33. The van der Waals surface area contributed by atoms with Crippen molar-refractivity contribution in [1.82, 2.24) is 10.2 Å². The molecule has 4 rings (SSSR count). The van der Waals surface area contributed by atoms with Crippen LogP contribution in [0.3, 0.4) is 0 Å². The smallest absolute Gasteiger partial charge is 0.247 e. The lowest BCUT2D eigenvalue weighted by Gasteiger charge is -2.33. The number of hydrogen-bond donors (Lipinski definition) is 3. The maximum absolute atomic E-state index is 13.9. The van der Waals surface area contributed by atoms with Gasteiger partial charge in [0.1, 0.15) is 6.04 Å². The fourth-order valence-electron chi connectivity index (χ4n) is 5.41. The molecule has 3 amide bonds. The minimum atomic E-state index is -0.902. The van der Waals surface area contributed by atoms with E-state index >= 15 is 0 Å². The summed E-state index contributed by atoms with van der Waals surface area (Å²) in [5.41, 5.74) is 1.38. The Labute approximate surface area is 210 Å². The van der Waals surface area contributed by atoms with Crippen molar-refractivity contribution < 1.29 is 19.5 Å². The molecule has 1 heterocycles. The largest absolute Gasteiger partial charge is 0.394 e. The van der Waals surface area contributed by atoms with Crippen LogP contribution in [0.15, 0.2) is 66.7 Å². The van der Waals surface area contributed by atoms with E-state index in [1.54, 1.807) is 31.3 Å². The normalized spacial score (nSPS) is 26.2. The van der Waals surface area contributed by atoms with Crippen molar-refractivity contribution in [2.75, 3.05) is 19.0 Å². The number of anilines is 1. The van der Waals surface area contributed by atoms with Crippen LogP contribution in [0.4, 0.5) is 5.69 Å². The van der Waals surface area contributed by atoms with Gasteiger partial charge in [-0.15, -0.1) is 0 Å². The third-order valence-electron chi connectivity index (χ3n) is 7.08. The van der Waals surface area contributed by atoms with Crippen LogP contribution in [0.1, 0.15) is 12.5 Å². The first-order valence-electron chi connectivity index (χ1n) is 11.8. The first kappa shape index (κ1) is 24.9. The van der Waals surface area contributed by atoms with Gasteiger partial charge in [-0.3, -0.25) is 14.4 Å². The zero-order valence-corrected chi connectivity index (χ0v) is 20.5. The highest BCUT2D eigenvalue weighted by Gasteiger charge is 2.58. The third kappa shape index (κ3) is 4.83. The number of likely N-dealkylation sites (tertiary alicyclic amines) is 1. The summed E-state index contributed by atoms with van der Waals surface area (Å²) in [6, 6.07) is 14.9. The predicted octanol–water partition coefficient (Wildman–Crippen LogP) is 2.89. The molecule has 2 aromatic rings. The number of aliphatic hydroxyl groups excluding tert-OH is 1. The van der Waals surface area contributed by atoms with Crippen molar-refractivity contribution in [3.8, 4) is 0 Å². The highest BCUT2D eigenvalue weighted by Crippen LogP contribution is 2.45. The molecule has 0 spiro atoms. The Balaban J connectivity index is 1.74. The fourth-order valence-corrected chi connectivity index (χ4v) is 5.59. The van der Waals surface area contributed by atoms with E-state index in [0.717, 1.165) is 5.56 Å². The number of carbonyl (C=O) groups excluding carboxylic acids is 3. The molecule has 6 atom stereocenters. The topological polar surface area (TPSA) is 98.7 Å². The summed E-state index contributed by atoms with van der Waals surface area (Å²) in [5, 5.41) is 16.3. The summed E-state index contributed by atoms with van der Waals surface area (Å²) in [6.07, 6.45) is 4.15. The number of rotatable bonds is 7. The Kier molecular flexibility index (Phi) is 7.57. The maximum Gasteiger partial charge on any atom is 0.247 e. The number of nitrogens with one attached hydrogen (secondary N) is 2. The Hall–Kier alpha value is -3.16. The lowest BCUT2D eigenvalue weighted by molar-refractivity contribution is -0.142. The van der Waals surface area contributed by atoms with Crippen LogP contribution < -0.4 is 10.6 Å². The van der Waals surface area contributed by atoms with Crippen LogP contribution in [0, 0.1) is 23.7 Å². The summed E-state index contributed by atoms with van der Waals surface area (Å²) in [6.45, 7) is 1.58. The predicted molar refractivity (Wildman–Crippen MR) is 135 cm³/mol.